The summed E-state index contributed by atoms with van der Waals surface area (Å²) in [6.07, 6.45) is 2.75. The molecular formula is C17H24N2O2. The topological polar surface area (TPSA) is 55.6 Å². The molecule has 0 unspecified atom stereocenters. The quantitative estimate of drug-likeness (QED) is 0.906. The number of carbonyl (C=O) groups excluding carboxylic acids is 1. The molecule has 21 heavy (non-hydrogen) atoms. The monoisotopic (exact) mass is 288 g/mol. The number of hydrogen-bond acceptors (Lipinski definition) is 3. The first kappa shape index (κ1) is 14.5. The molecular weight excluding hydrogens is 264 g/mol. The summed E-state index contributed by atoms with van der Waals surface area (Å²) in [5.41, 5.74) is 8.35. The summed E-state index contributed by atoms with van der Waals surface area (Å²) in [6, 6.07) is 8.45. The zero-order valence-corrected chi connectivity index (χ0v) is 12.6. The number of hydrogen-bond donors (Lipinski definition) is 1. The van der Waals surface area contributed by atoms with Gasteiger partial charge >= 0.3 is 0 Å². The lowest BCUT2D eigenvalue weighted by Gasteiger charge is -2.35. The summed E-state index contributed by atoms with van der Waals surface area (Å²) < 4.78 is 5.89. The third-order valence-corrected chi connectivity index (χ3v) is 4.74. The molecule has 1 amide bonds. The van der Waals surface area contributed by atoms with E-state index in [1.807, 2.05) is 17.0 Å². The number of rotatable bonds is 2. The van der Waals surface area contributed by atoms with Gasteiger partial charge in [-0.05, 0) is 37.3 Å². The van der Waals surface area contributed by atoms with Crippen molar-refractivity contribution in [2.45, 2.75) is 38.3 Å². The number of carbonyl (C=O) groups is 1. The van der Waals surface area contributed by atoms with Gasteiger partial charge in [-0.15, -0.1) is 0 Å². The molecule has 1 aromatic carbocycles. The van der Waals surface area contributed by atoms with Crippen molar-refractivity contribution < 1.29 is 9.53 Å². The van der Waals surface area contributed by atoms with Gasteiger partial charge in [0.05, 0.1) is 13.2 Å². The standard InChI is InChI=1S/C17H24N2O2/c1-12-4-2-3-5-15(12)16-11-19(8-9-21-16)17(20)13-6-7-14(18)10-13/h2-5,13-14,16H,6-11,18H2,1H3/t13-,14+,16-/m0/s1. The Bertz CT molecular complexity index is 517. The highest BCUT2D eigenvalue weighted by molar-refractivity contribution is 5.79. The van der Waals surface area contributed by atoms with Gasteiger partial charge in [-0.25, -0.2) is 0 Å². The summed E-state index contributed by atoms with van der Waals surface area (Å²) in [5.74, 6) is 0.389. The van der Waals surface area contributed by atoms with Crippen molar-refractivity contribution in [3.63, 3.8) is 0 Å². The Morgan fingerprint density at radius 2 is 2.14 bits per heavy atom. The minimum atomic E-state index is -0.000948. The molecule has 2 N–H and O–H groups in total. The van der Waals surface area contributed by atoms with E-state index in [0.717, 1.165) is 19.3 Å². The summed E-state index contributed by atoms with van der Waals surface area (Å²) in [6.45, 7) is 4.07. The van der Waals surface area contributed by atoms with Gasteiger partial charge in [0.1, 0.15) is 6.10 Å². The van der Waals surface area contributed by atoms with Gasteiger partial charge in [-0.3, -0.25) is 4.79 Å². The van der Waals surface area contributed by atoms with Crippen molar-refractivity contribution in [1.29, 1.82) is 0 Å². The Morgan fingerprint density at radius 3 is 2.86 bits per heavy atom. The van der Waals surface area contributed by atoms with Gasteiger partial charge < -0.3 is 15.4 Å². The van der Waals surface area contributed by atoms with Crippen molar-refractivity contribution in [3.8, 4) is 0 Å². The largest absolute Gasteiger partial charge is 0.370 e. The fraction of sp³-hybridized carbons (Fsp3) is 0.588. The molecule has 1 saturated heterocycles. The van der Waals surface area contributed by atoms with Gasteiger partial charge in [0.2, 0.25) is 5.91 Å². The maximum absolute atomic E-state index is 12.6. The molecule has 2 fully saturated rings. The van der Waals surface area contributed by atoms with Crippen LogP contribution in [0.25, 0.3) is 0 Å². The van der Waals surface area contributed by atoms with E-state index >= 15 is 0 Å². The lowest BCUT2D eigenvalue weighted by atomic mass is 10.0. The Morgan fingerprint density at radius 1 is 1.33 bits per heavy atom. The van der Waals surface area contributed by atoms with Crippen LogP contribution in [0.5, 0.6) is 0 Å². The van der Waals surface area contributed by atoms with Crippen LogP contribution in [0.2, 0.25) is 0 Å². The first-order chi connectivity index (χ1) is 10.1. The van der Waals surface area contributed by atoms with E-state index in [9.17, 15) is 4.79 Å². The number of benzene rings is 1. The van der Waals surface area contributed by atoms with Crippen LogP contribution >= 0.6 is 0 Å². The Hall–Kier alpha value is -1.39. The van der Waals surface area contributed by atoms with E-state index in [2.05, 4.69) is 19.1 Å². The molecule has 4 heteroatoms. The van der Waals surface area contributed by atoms with Gasteiger partial charge in [-0.1, -0.05) is 24.3 Å². The van der Waals surface area contributed by atoms with Crippen molar-refractivity contribution in [3.05, 3.63) is 35.4 Å². The van der Waals surface area contributed by atoms with E-state index < -0.39 is 0 Å². The Balaban J connectivity index is 1.68. The van der Waals surface area contributed by atoms with E-state index in [-0.39, 0.29) is 24.0 Å². The molecule has 3 atom stereocenters. The molecule has 1 aliphatic heterocycles. The predicted octanol–water partition coefficient (Wildman–Crippen LogP) is 2.02. The van der Waals surface area contributed by atoms with Gasteiger partial charge in [0.25, 0.3) is 0 Å². The molecule has 1 saturated carbocycles. The molecule has 1 heterocycles. The minimum absolute atomic E-state index is 0.000948. The Kier molecular flexibility index (Phi) is 4.27. The number of aryl methyl sites for hydroxylation is 1. The zero-order valence-electron chi connectivity index (χ0n) is 12.6. The highest BCUT2D eigenvalue weighted by Crippen LogP contribution is 2.29. The number of nitrogens with two attached hydrogens (primary N) is 1. The normalized spacial score (nSPS) is 29.6. The first-order valence-electron chi connectivity index (χ1n) is 7.86. The summed E-state index contributed by atoms with van der Waals surface area (Å²) in [4.78, 5) is 14.6. The van der Waals surface area contributed by atoms with E-state index in [4.69, 9.17) is 10.5 Å². The van der Waals surface area contributed by atoms with Crippen LogP contribution in [0.3, 0.4) is 0 Å². The van der Waals surface area contributed by atoms with Crippen LogP contribution in [-0.2, 0) is 9.53 Å². The molecule has 114 valence electrons. The number of amides is 1. The lowest BCUT2D eigenvalue weighted by molar-refractivity contribution is -0.143. The predicted molar refractivity (Wildman–Crippen MR) is 81.8 cm³/mol. The number of morpholine rings is 1. The molecule has 3 rings (SSSR count). The van der Waals surface area contributed by atoms with Crippen LogP contribution < -0.4 is 5.73 Å². The molecule has 1 aliphatic carbocycles. The van der Waals surface area contributed by atoms with Crippen molar-refractivity contribution >= 4 is 5.91 Å². The molecule has 0 bridgehead atoms. The fourth-order valence-corrected chi connectivity index (χ4v) is 3.48. The smallest absolute Gasteiger partial charge is 0.225 e. The van der Waals surface area contributed by atoms with Crippen LogP contribution in [0, 0.1) is 12.8 Å². The zero-order chi connectivity index (χ0) is 14.8. The van der Waals surface area contributed by atoms with Crippen LogP contribution in [0.1, 0.15) is 36.5 Å². The van der Waals surface area contributed by atoms with E-state index in [0.29, 0.717) is 19.7 Å². The second-order valence-corrected chi connectivity index (χ2v) is 6.27. The van der Waals surface area contributed by atoms with E-state index in [1.165, 1.54) is 11.1 Å². The van der Waals surface area contributed by atoms with Crippen molar-refractivity contribution in [2.75, 3.05) is 19.7 Å². The third kappa shape index (κ3) is 3.11. The molecule has 0 radical (unpaired) electrons. The average Bonchev–Trinajstić information content (AvgIpc) is 2.94. The summed E-state index contributed by atoms with van der Waals surface area (Å²) in [7, 11) is 0. The molecule has 2 aliphatic rings. The van der Waals surface area contributed by atoms with Crippen LogP contribution in [-0.4, -0.2) is 36.5 Å². The maximum atomic E-state index is 12.6. The number of ether oxygens (including phenoxy) is 1. The van der Waals surface area contributed by atoms with Gasteiger partial charge in [-0.2, -0.15) is 0 Å². The van der Waals surface area contributed by atoms with E-state index in [1.54, 1.807) is 0 Å². The number of nitrogens with zero attached hydrogens (tertiary/aromatic N) is 1. The summed E-state index contributed by atoms with van der Waals surface area (Å²) in [5, 5.41) is 0. The molecule has 1 aromatic rings. The summed E-state index contributed by atoms with van der Waals surface area (Å²) >= 11 is 0. The fourth-order valence-electron chi connectivity index (χ4n) is 3.48. The van der Waals surface area contributed by atoms with Gasteiger partial charge in [0.15, 0.2) is 0 Å². The van der Waals surface area contributed by atoms with Crippen LogP contribution in [0.4, 0.5) is 0 Å². The second kappa shape index (κ2) is 6.16. The lowest BCUT2D eigenvalue weighted by Crippen LogP contribution is -2.44. The Labute approximate surface area is 126 Å². The highest BCUT2D eigenvalue weighted by atomic mass is 16.5. The average molecular weight is 288 g/mol. The molecule has 0 spiro atoms. The molecule has 4 nitrogen and oxygen atoms in total. The highest BCUT2D eigenvalue weighted by Gasteiger charge is 2.34. The third-order valence-electron chi connectivity index (χ3n) is 4.74. The van der Waals surface area contributed by atoms with Crippen molar-refractivity contribution in [2.24, 2.45) is 11.7 Å². The van der Waals surface area contributed by atoms with Gasteiger partial charge in [0, 0.05) is 18.5 Å². The second-order valence-electron chi connectivity index (χ2n) is 6.27. The SMILES string of the molecule is Cc1ccccc1[C@@H]1CN(C(=O)[C@H]2CC[C@@H](N)C2)CCO1. The molecule has 0 aromatic heterocycles. The minimum Gasteiger partial charge on any atom is -0.370 e. The van der Waals surface area contributed by atoms with Crippen LogP contribution in [0.15, 0.2) is 24.3 Å². The van der Waals surface area contributed by atoms with Crippen molar-refractivity contribution in [1.82, 2.24) is 4.90 Å². The maximum Gasteiger partial charge on any atom is 0.225 e. The first-order valence-corrected chi connectivity index (χ1v) is 7.86.